The van der Waals surface area contributed by atoms with Crippen LogP contribution in [-0.2, 0) is 16.4 Å². The maximum absolute atomic E-state index is 13.8. The Labute approximate surface area is 231 Å². The van der Waals surface area contributed by atoms with Gasteiger partial charge >= 0.3 is 0 Å². The highest BCUT2D eigenvalue weighted by Gasteiger charge is 2.31. The molecule has 0 aliphatic heterocycles. The maximum Gasteiger partial charge on any atom is 0.296 e. The molecule has 1 atom stereocenters. The van der Waals surface area contributed by atoms with Crippen molar-refractivity contribution >= 4 is 26.8 Å². The molecule has 4 heterocycles. The lowest BCUT2D eigenvalue weighted by Gasteiger charge is -2.20. The summed E-state index contributed by atoms with van der Waals surface area (Å²) in [6, 6.07) is 4.46. The molecular formula is C27H29N9O3S. The second-order valence-corrected chi connectivity index (χ2v) is 12.4. The fourth-order valence-electron chi connectivity index (χ4n) is 4.55. The normalized spacial score (nSPS) is 14.3. The number of pyridine rings is 1. The van der Waals surface area contributed by atoms with Gasteiger partial charge in [-0.1, -0.05) is 13.8 Å². The summed E-state index contributed by atoms with van der Waals surface area (Å²) in [7, 11) is -3.38. The number of aryl methyl sites for hydroxylation is 2. The molecule has 206 valence electrons. The number of nitrogens with one attached hydrogen (secondary N) is 1. The average Bonchev–Trinajstić information content (AvgIpc) is 3.74. The number of nitrogens with zero attached hydrogens (tertiary/aromatic N) is 8. The van der Waals surface area contributed by atoms with E-state index in [9.17, 15) is 18.5 Å². The number of aromatic nitrogens is 7. The van der Waals surface area contributed by atoms with Crippen LogP contribution in [0.15, 0.2) is 34.3 Å². The summed E-state index contributed by atoms with van der Waals surface area (Å²) in [5, 5.41) is 13.1. The molecule has 0 bridgehead atoms. The molecule has 1 N–H and O–H groups in total. The quantitative estimate of drug-likeness (QED) is 0.336. The number of rotatable bonds is 8. The molecule has 1 unspecified atom stereocenters. The molecule has 1 saturated carbocycles. The molecule has 0 saturated heterocycles. The second kappa shape index (κ2) is 10.3. The Bertz CT molecular complexity index is 1820. The first-order valence-electron chi connectivity index (χ1n) is 12.9. The van der Waals surface area contributed by atoms with Crippen LogP contribution >= 0.6 is 0 Å². The van der Waals surface area contributed by atoms with E-state index in [2.05, 4.69) is 31.3 Å². The van der Waals surface area contributed by atoms with Gasteiger partial charge in [-0.2, -0.15) is 5.26 Å². The molecule has 4 aromatic heterocycles. The summed E-state index contributed by atoms with van der Waals surface area (Å²) >= 11 is 0. The number of sulfone groups is 1. The Morgan fingerprint density at radius 1 is 1.10 bits per heavy atom. The van der Waals surface area contributed by atoms with Gasteiger partial charge in [0.2, 0.25) is 0 Å². The Kier molecular flexibility index (Phi) is 7.05. The van der Waals surface area contributed by atoms with Crippen LogP contribution in [0, 0.1) is 31.1 Å². The fraction of sp³-hybridized carbons (Fsp3) is 0.407. The lowest BCUT2D eigenvalue weighted by molar-refractivity contribution is 0.458. The molecule has 1 fully saturated rings. The van der Waals surface area contributed by atoms with Crippen molar-refractivity contribution in [2.45, 2.75) is 63.9 Å². The Hall–Kier alpha value is -4.31. The van der Waals surface area contributed by atoms with Gasteiger partial charge in [0, 0.05) is 18.4 Å². The van der Waals surface area contributed by atoms with Gasteiger partial charge < -0.3 is 5.32 Å². The van der Waals surface area contributed by atoms with Gasteiger partial charge in [-0.15, -0.1) is 0 Å². The molecule has 40 heavy (non-hydrogen) atoms. The minimum Gasteiger partial charge on any atom is -0.360 e. The largest absolute Gasteiger partial charge is 0.360 e. The van der Waals surface area contributed by atoms with Crippen molar-refractivity contribution < 1.29 is 8.42 Å². The van der Waals surface area contributed by atoms with Crippen molar-refractivity contribution in [3.8, 4) is 17.5 Å². The van der Waals surface area contributed by atoms with E-state index in [0.29, 0.717) is 28.6 Å². The zero-order chi connectivity index (χ0) is 28.8. The summed E-state index contributed by atoms with van der Waals surface area (Å²) in [5.74, 6) is 0.538. The van der Waals surface area contributed by atoms with Gasteiger partial charge in [0.15, 0.2) is 27.1 Å². The Balaban J connectivity index is 1.64. The smallest absolute Gasteiger partial charge is 0.296 e. The van der Waals surface area contributed by atoms with Crippen molar-refractivity contribution in [2.24, 2.45) is 5.92 Å². The van der Waals surface area contributed by atoms with Crippen LogP contribution in [0.25, 0.3) is 22.6 Å². The third-order valence-corrected chi connectivity index (χ3v) is 7.97. The van der Waals surface area contributed by atoms with E-state index in [1.54, 1.807) is 19.3 Å². The maximum atomic E-state index is 13.8. The molecule has 0 aromatic carbocycles. The molecule has 0 spiro atoms. The predicted octanol–water partition coefficient (Wildman–Crippen LogP) is 3.27. The first kappa shape index (κ1) is 27.3. The van der Waals surface area contributed by atoms with Crippen LogP contribution in [-0.4, -0.2) is 49.1 Å². The van der Waals surface area contributed by atoms with Crippen LogP contribution in [0.3, 0.4) is 0 Å². The zero-order valence-corrected chi connectivity index (χ0v) is 23.7. The minimum absolute atomic E-state index is 0.0136. The monoisotopic (exact) mass is 559 g/mol. The number of hydrogen-bond acceptors (Lipinski definition) is 11. The molecule has 13 heteroatoms. The minimum atomic E-state index is -3.38. The SMILES string of the molecule is Cc1ncnc(C2CC2)c1-c1nc(C)c2nc(NCc3ccc(S(C)(=O)=O)cn3)c(=O)n(C(C#N)C(C)C)c2n1. The Morgan fingerprint density at radius 2 is 1.85 bits per heavy atom. The van der Waals surface area contributed by atoms with Gasteiger partial charge in [-0.25, -0.2) is 33.3 Å². The van der Waals surface area contributed by atoms with Gasteiger partial charge in [-0.05, 0) is 44.7 Å². The predicted molar refractivity (Wildman–Crippen MR) is 148 cm³/mol. The van der Waals surface area contributed by atoms with E-state index < -0.39 is 21.4 Å². The van der Waals surface area contributed by atoms with Crippen molar-refractivity contribution in [3.63, 3.8) is 0 Å². The standard InChI is InChI=1S/C27H29N9O3S/c1-14(2)20(10-28)36-26-22(16(4)33-24(35-26)21-15(3)31-13-32-23(21)17-6-7-17)34-25(27(36)37)30-11-18-8-9-19(12-29-18)40(5,38)39/h8-9,12-14,17,20H,6-7,11H2,1-5H3,(H,30,34). The first-order valence-corrected chi connectivity index (χ1v) is 14.8. The first-order chi connectivity index (χ1) is 19.0. The summed E-state index contributed by atoms with van der Waals surface area (Å²) in [6.45, 7) is 7.51. The summed E-state index contributed by atoms with van der Waals surface area (Å²) in [5.41, 5.74) is 3.57. The number of fused-ring (bicyclic) bond motifs is 1. The van der Waals surface area contributed by atoms with E-state index >= 15 is 0 Å². The molecule has 12 nitrogen and oxygen atoms in total. The van der Waals surface area contributed by atoms with Gasteiger partial charge in [0.1, 0.15) is 17.9 Å². The molecular weight excluding hydrogens is 530 g/mol. The lowest BCUT2D eigenvalue weighted by atomic mass is 10.1. The van der Waals surface area contributed by atoms with Crippen molar-refractivity contribution in [1.82, 2.24) is 34.5 Å². The Morgan fingerprint density at radius 3 is 2.45 bits per heavy atom. The number of anilines is 1. The molecule has 0 amide bonds. The van der Waals surface area contributed by atoms with Crippen LogP contribution in [0.4, 0.5) is 5.82 Å². The fourth-order valence-corrected chi connectivity index (χ4v) is 5.11. The number of hydrogen-bond donors (Lipinski definition) is 1. The zero-order valence-electron chi connectivity index (χ0n) is 22.9. The summed E-state index contributed by atoms with van der Waals surface area (Å²) in [4.78, 5) is 41.1. The molecule has 0 radical (unpaired) electrons. The van der Waals surface area contributed by atoms with E-state index in [1.165, 1.54) is 16.8 Å². The van der Waals surface area contributed by atoms with Crippen LogP contribution in [0.2, 0.25) is 0 Å². The third-order valence-electron chi connectivity index (χ3n) is 6.87. The molecule has 4 aromatic rings. The van der Waals surface area contributed by atoms with E-state index in [4.69, 9.17) is 9.97 Å². The van der Waals surface area contributed by atoms with Gasteiger partial charge in [-0.3, -0.25) is 14.3 Å². The third kappa shape index (κ3) is 5.14. The van der Waals surface area contributed by atoms with E-state index in [1.807, 2.05) is 20.8 Å². The van der Waals surface area contributed by atoms with Crippen LogP contribution < -0.4 is 10.9 Å². The highest BCUT2D eigenvalue weighted by molar-refractivity contribution is 7.90. The van der Waals surface area contributed by atoms with E-state index in [0.717, 1.165) is 36.0 Å². The molecule has 5 rings (SSSR count). The lowest BCUT2D eigenvalue weighted by Crippen LogP contribution is -2.31. The summed E-state index contributed by atoms with van der Waals surface area (Å²) in [6.07, 6.45) is 6.00. The van der Waals surface area contributed by atoms with Gasteiger partial charge in [0.05, 0.1) is 45.8 Å². The average molecular weight is 560 g/mol. The molecule has 1 aliphatic carbocycles. The summed E-state index contributed by atoms with van der Waals surface area (Å²) < 4.78 is 24.9. The van der Waals surface area contributed by atoms with Crippen LogP contribution in [0.1, 0.15) is 61.4 Å². The van der Waals surface area contributed by atoms with Crippen molar-refractivity contribution in [3.05, 3.63) is 57.8 Å². The van der Waals surface area contributed by atoms with Gasteiger partial charge in [0.25, 0.3) is 5.56 Å². The van der Waals surface area contributed by atoms with E-state index in [-0.39, 0.29) is 28.8 Å². The number of nitriles is 1. The van der Waals surface area contributed by atoms with Crippen molar-refractivity contribution in [1.29, 1.82) is 5.26 Å². The molecule has 1 aliphatic rings. The highest BCUT2D eigenvalue weighted by Crippen LogP contribution is 2.43. The van der Waals surface area contributed by atoms with Crippen LogP contribution in [0.5, 0.6) is 0 Å². The van der Waals surface area contributed by atoms with Crippen molar-refractivity contribution in [2.75, 3.05) is 11.6 Å². The topological polar surface area (TPSA) is 169 Å². The second-order valence-electron chi connectivity index (χ2n) is 10.4. The highest BCUT2D eigenvalue weighted by atomic mass is 32.2.